The zero-order valence-corrected chi connectivity index (χ0v) is 15.4. The number of carbonyl (C=O) groups excluding carboxylic acids is 1. The summed E-state index contributed by atoms with van der Waals surface area (Å²) in [6, 6.07) is 0. The van der Waals surface area contributed by atoms with Crippen LogP contribution in [0, 0.1) is 6.92 Å². The molecule has 3 rings (SSSR count). The third-order valence-electron chi connectivity index (χ3n) is 4.84. The van der Waals surface area contributed by atoms with Crippen molar-refractivity contribution in [3.8, 4) is 0 Å². The number of hydrogen-bond acceptors (Lipinski definition) is 6. The fourth-order valence-corrected chi connectivity index (χ4v) is 5.02. The Morgan fingerprint density at radius 2 is 1.64 bits per heavy atom. The largest absolute Gasteiger partial charge is 0.341 e. The van der Waals surface area contributed by atoms with Crippen LogP contribution in [-0.4, -0.2) is 77.4 Å². The number of hydrogen-bond donors (Lipinski definition) is 0. The van der Waals surface area contributed by atoms with E-state index in [1.165, 1.54) is 4.31 Å². The second-order valence-electron chi connectivity index (χ2n) is 6.57. The first-order chi connectivity index (χ1) is 12.0. The summed E-state index contributed by atoms with van der Waals surface area (Å²) in [5, 5.41) is 7.42. The molecule has 1 amide bonds. The maximum Gasteiger partial charge on any atom is 0.282 e. The number of aromatic nitrogens is 2. The van der Waals surface area contributed by atoms with E-state index in [4.69, 9.17) is 0 Å². The number of aryl methyl sites for hydroxylation is 1. The van der Waals surface area contributed by atoms with Gasteiger partial charge in [-0.25, -0.2) is 4.63 Å². The molecule has 2 saturated heterocycles. The fourth-order valence-electron chi connectivity index (χ4n) is 3.30. The first kappa shape index (κ1) is 18.3. The van der Waals surface area contributed by atoms with Crippen LogP contribution in [0.15, 0.2) is 4.63 Å². The molecule has 1 aromatic rings. The second-order valence-corrected chi connectivity index (χ2v) is 8.50. The van der Waals surface area contributed by atoms with E-state index in [1.54, 1.807) is 16.1 Å². The van der Waals surface area contributed by atoms with Crippen LogP contribution in [0.25, 0.3) is 0 Å². The highest BCUT2D eigenvalue weighted by atomic mass is 32.2. The normalized spacial score (nSPS) is 21.2. The van der Waals surface area contributed by atoms with Crippen molar-refractivity contribution in [1.29, 1.82) is 0 Å². The minimum atomic E-state index is -3.42. The molecule has 2 aliphatic heterocycles. The molecule has 0 aromatic carbocycles. The third-order valence-corrected chi connectivity index (χ3v) is 6.88. The molecule has 0 unspecified atom stereocenters. The Bertz CT molecular complexity index is 699. The number of piperidine rings is 1. The van der Waals surface area contributed by atoms with Gasteiger partial charge in [-0.1, -0.05) is 16.7 Å². The van der Waals surface area contributed by atoms with Crippen molar-refractivity contribution in [3.63, 3.8) is 0 Å². The fraction of sp³-hybridized carbons (Fsp3) is 0.800. The van der Waals surface area contributed by atoms with E-state index in [0.29, 0.717) is 57.1 Å². The average molecular weight is 371 g/mol. The van der Waals surface area contributed by atoms with Crippen molar-refractivity contribution in [3.05, 3.63) is 11.4 Å². The van der Waals surface area contributed by atoms with E-state index in [0.717, 1.165) is 19.3 Å². The summed E-state index contributed by atoms with van der Waals surface area (Å²) in [5.74, 6) is -0.0731. The van der Waals surface area contributed by atoms with Gasteiger partial charge in [-0.15, -0.1) is 0 Å². The third kappa shape index (κ3) is 4.18. The van der Waals surface area contributed by atoms with Gasteiger partial charge >= 0.3 is 0 Å². The first-order valence-corrected chi connectivity index (χ1v) is 10.2. The van der Waals surface area contributed by atoms with E-state index >= 15 is 0 Å². The monoisotopic (exact) mass is 371 g/mol. The van der Waals surface area contributed by atoms with Gasteiger partial charge in [0.15, 0.2) is 0 Å². The molecule has 0 aliphatic carbocycles. The van der Waals surface area contributed by atoms with Crippen molar-refractivity contribution in [1.82, 2.24) is 23.8 Å². The zero-order chi connectivity index (χ0) is 17.9. The Morgan fingerprint density at radius 1 is 0.960 bits per heavy atom. The highest BCUT2D eigenvalue weighted by Gasteiger charge is 2.32. The minimum absolute atomic E-state index is 0.0731. The topological polar surface area (TPSA) is 99.9 Å². The Hall–Kier alpha value is -1.52. The lowest BCUT2D eigenvalue weighted by Crippen LogP contribution is -2.47. The van der Waals surface area contributed by atoms with Crippen LogP contribution in [-0.2, 0) is 21.4 Å². The standard InChI is InChI=1S/C15H25N5O4S/c1-13-14(17-24-16-13)12-15(21)18-6-5-9-20(11-10-18)25(22,23)19-7-3-2-4-8-19/h2-12H2,1H3. The summed E-state index contributed by atoms with van der Waals surface area (Å²) in [6.07, 6.45) is 3.69. The summed E-state index contributed by atoms with van der Waals surface area (Å²) < 4.78 is 33.3. The van der Waals surface area contributed by atoms with Crippen LogP contribution in [0.3, 0.4) is 0 Å². The molecule has 1 aromatic heterocycles. The van der Waals surface area contributed by atoms with Crippen LogP contribution in [0.4, 0.5) is 0 Å². The van der Waals surface area contributed by atoms with Crippen molar-refractivity contribution in [2.75, 3.05) is 39.3 Å². The molecular weight excluding hydrogens is 346 g/mol. The van der Waals surface area contributed by atoms with Crippen molar-refractivity contribution in [2.45, 2.75) is 39.0 Å². The summed E-state index contributed by atoms with van der Waals surface area (Å²) in [7, 11) is -3.42. The molecule has 140 valence electrons. The summed E-state index contributed by atoms with van der Waals surface area (Å²) in [4.78, 5) is 14.2. The predicted molar refractivity (Wildman–Crippen MR) is 89.9 cm³/mol. The van der Waals surface area contributed by atoms with E-state index in [9.17, 15) is 13.2 Å². The van der Waals surface area contributed by atoms with Gasteiger partial charge in [-0.2, -0.15) is 17.0 Å². The van der Waals surface area contributed by atoms with E-state index in [-0.39, 0.29) is 12.3 Å². The van der Waals surface area contributed by atoms with Gasteiger partial charge in [0.1, 0.15) is 11.4 Å². The maximum atomic E-state index is 12.8. The first-order valence-electron chi connectivity index (χ1n) is 8.79. The van der Waals surface area contributed by atoms with Crippen LogP contribution in [0.1, 0.15) is 37.1 Å². The van der Waals surface area contributed by atoms with Crippen LogP contribution in [0.5, 0.6) is 0 Å². The number of carbonyl (C=O) groups is 1. The van der Waals surface area contributed by atoms with E-state index in [1.807, 2.05) is 0 Å². The second kappa shape index (κ2) is 7.79. The molecule has 0 atom stereocenters. The molecule has 0 spiro atoms. The summed E-state index contributed by atoms with van der Waals surface area (Å²) in [5.41, 5.74) is 1.14. The molecule has 0 bridgehead atoms. The lowest BCUT2D eigenvalue weighted by atomic mass is 10.2. The van der Waals surface area contributed by atoms with Crippen LogP contribution < -0.4 is 0 Å². The van der Waals surface area contributed by atoms with Gasteiger partial charge in [-0.05, 0) is 26.2 Å². The smallest absolute Gasteiger partial charge is 0.282 e. The lowest BCUT2D eigenvalue weighted by molar-refractivity contribution is -0.130. The lowest BCUT2D eigenvalue weighted by Gasteiger charge is -2.31. The molecule has 9 nitrogen and oxygen atoms in total. The summed E-state index contributed by atoms with van der Waals surface area (Å²) >= 11 is 0. The van der Waals surface area contributed by atoms with Gasteiger partial charge in [0.2, 0.25) is 5.91 Å². The number of rotatable bonds is 4. The van der Waals surface area contributed by atoms with Crippen molar-refractivity contribution < 1.29 is 17.8 Å². The summed E-state index contributed by atoms with van der Waals surface area (Å²) in [6.45, 7) is 4.67. The SMILES string of the molecule is Cc1nonc1CC(=O)N1CCCN(S(=O)(=O)N2CCCCC2)CC1. The Balaban J connectivity index is 1.60. The molecule has 10 heteroatoms. The molecule has 0 N–H and O–H groups in total. The highest BCUT2D eigenvalue weighted by molar-refractivity contribution is 7.86. The Morgan fingerprint density at radius 3 is 2.32 bits per heavy atom. The van der Waals surface area contributed by atoms with E-state index in [2.05, 4.69) is 14.9 Å². The molecule has 0 saturated carbocycles. The van der Waals surface area contributed by atoms with Gasteiger partial charge in [-0.3, -0.25) is 4.79 Å². The van der Waals surface area contributed by atoms with Crippen LogP contribution in [0.2, 0.25) is 0 Å². The molecule has 3 heterocycles. The van der Waals surface area contributed by atoms with Crippen molar-refractivity contribution >= 4 is 16.1 Å². The van der Waals surface area contributed by atoms with Crippen LogP contribution >= 0.6 is 0 Å². The van der Waals surface area contributed by atoms with Gasteiger partial charge in [0.25, 0.3) is 10.2 Å². The molecule has 2 fully saturated rings. The molecular formula is C15H25N5O4S. The Kier molecular flexibility index (Phi) is 5.70. The van der Waals surface area contributed by atoms with E-state index < -0.39 is 10.2 Å². The predicted octanol–water partition coefficient (Wildman–Crippen LogP) is 0.186. The molecule has 2 aliphatic rings. The Labute approximate surface area is 148 Å². The highest BCUT2D eigenvalue weighted by Crippen LogP contribution is 2.18. The number of nitrogens with zero attached hydrogens (tertiary/aromatic N) is 5. The molecule has 25 heavy (non-hydrogen) atoms. The number of amides is 1. The van der Waals surface area contributed by atoms with Crippen molar-refractivity contribution in [2.24, 2.45) is 0 Å². The average Bonchev–Trinajstić information content (AvgIpc) is 2.87. The minimum Gasteiger partial charge on any atom is -0.341 e. The maximum absolute atomic E-state index is 12.8. The quantitative estimate of drug-likeness (QED) is 0.749. The van der Waals surface area contributed by atoms with Gasteiger partial charge < -0.3 is 4.90 Å². The van der Waals surface area contributed by atoms with Gasteiger partial charge in [0, 0.05) is 39.3 Å². The molecule has 0 radical (unpaired) electrons. The van der Waals surface area contributed by atoms with Gasteiger partial charge in [0.05, 0.1) is 6.42 Å². The zero-order valence-electron chi connectivity index (χ0n) is 14.6.